The van der Waals surface area contributed by atoms with E-state index >= 15 is 0 Å². The third-order valence-corrected chi connectivity index (χ3v) is 4.33. The molecule has 0 aromatic rings. The SMILES string of the molecule is CC(C)(N)C(C)(C)C(=O)NC1CCCC1C(=O)O. The van der Waals surface area contributed by atoms with Crippen LogP contribution < -0.4 is 11.1 Å². The fraction of sp³-hybridized carbons (Fsp3) is 0.846. The lowest BCUT2D eigenvalue weighted by atomic mass is 9.74. The van der Waals surface area contributed by atoms with Crippen LogP contribution in [0.15, 0.2) is 0 Å². The number of hydrogen-bond acceptors (Lipinski definition) is 3. The van der Waals surface area contributed by atoms with Gasteiger partial charge in [-0.1, -0.05) is 6.42 Å². The van der Waals surface area contributed by atoms with E-state index in [1.165, 1.54) is 0 Å². The van der Waals surface area contributed by atoms with Gasteiger partial charge in [0.25, 0.3) is 0 Å². The van der Waals surface area contributed by atoms with Crippen LogP contribution in [0.5, 0.6) is 0 Å². The molecule has 0 aromatic carbocycles. The summed E-state index contributed by atoms with van der Waals surface area (Å²) in [6.45, 7) is 7.17. The number of carboxylic acid groups (broad SMARTS) is 1. The summed E-state index contributed by atoms with van der Waals surface area (Å²) >= 11 is 0. The highest BCUT2D eigenvalue weighted by molar-refractivity contribution is 5.84. The maximum atomic E-state index is 12.3. The topological polar surface area (TPSA) is 92.4 Å². The average molecular weight is 256 g/mol. The number of rotatable bonds is 4. The van der Waals surface area contributed by atoms with Crippen LogP contribution in [0.4, 0.5) is 0 Å². The van der Waals surface area contributed by atoms with Crippen LogP contribution in [-0.4, -0.2) is 28.6 Å². The minimum absolute atomic E-state index is 0.173. The first kappa shape index (κ1) is 15.0. The van der Waals surface area contributed by atoms with E-state index in [9.17, 15) is 9.59 Å². The van der Waals surface area contributed by atoms with Gasteiger partial charge in [-0.15, -0.1) is 0 Å². The van der Waals surface area contributed by atoms with Crippen molar-refractivity contribution in [1.29, 1.82) is 0 Å². The fourth-order valence-corrected chi connectivity index (χ4v) is 2.07. The van der Waals surface area contributed by atoms with E-state index in [0.717, 1.165) is 12.8 Å². The zero-order valence-electron chi connectivity index (χ0n) is 11.6. The molecule has 4 N–H and O–H groups in total. The second-order valence-corrected chi connectivity index (χ2v) is 6.30. The van der Waals surface area contributed by atoms with Gasteiger partial charge in [0, 0.05) is 11.6 Å². The lowest BCUT2D eigenvalue weighted by Gasteiger charge is -2.38. The molecule has 1 saturated carbocycles. The van der Waals surface area contributed by atoms with E-state index in [2.05, 4.69) is 5.32 Å². The molecule has 0 heterocycles. The molecule has 0 radical (unpaired) electrons. The van der Waals surface area contributed by atoms with Crippen LogP contribution in [0.3, 0.4) is 0 Å². The molecule has 1 aliphatic carbocycles. The Morgan fingerprint density at radius 1 is 1.22 bits per heavy atom. The number of carbonyl (C=O) groups is 2. The highest BCUT2D eigenvalue weighted by Crippen LogP contribution is 2.31. The molecule has 0 spiro atoms. The second kappa shape index (κ2) is 4.88. The zero-order chi connectivity index (χ0) is 14.1. The summed E-state index contributed by atoms with van der Waals surface area (Å²) in [4.78, 5) is 23.3. The van der Waals surface area contributed by atoms with Crippen molar-refractivity contribution in [2.75, 3.05) is 0 Å². The minimum Gasteiger partial charge on any atom is -0.481 e. The van der Waals surface area contributed by atoms with Gasteiger partial charge in [0.05, 0.1) is 11.3 Å². The van der Waals surface area contributed by atoms with E-state index in [0.29, 0.717) is 6.42 Å². The second-order valence-electron chi connectivity index (χ2n) is 6.30. The van der Waals surface area contributed by atoms with Gasteiger partial charge in [-0.2, -0.15) is 0 Å². The van der Waals surface area contributed by atoms with Gasteiger partial charge < -0.3 is 16.2 Å². The molecule has 1 aliphatic rings. The van der Waals surface area contributed by atoms with E-state index in [-0.39, 0.29) is 11.9 Å². The number of hydrogen-bond donors (Lipinski definition) is 3. The van der Waals surface area contributed by atoms with Gasteiger partial charge in [0.15, 0.2) is 0 Å². The molecular weight excluding hydrogens is 232 g/mol. The third-order valence-electron chi connectivity index (χ3n) is 4.33. The zero-order valence-corrected chi connectivity index (χ0v) is 11.6. The monoisotopic (exact) mass is 256 g/mol. The predicted molar refractivity (Wildman–Crippen MR) is 69.0 cm³/mol. The summed E-state index contributed by atoms with van der Waals surface area (Å²) < 4.78 is 0. The predicted octanol–water partition coefficient (Wildman–Crippen LogP) is 1.12. The molecule has 104 valence electrons. The van der Waals surface area contributed by atoms with Crippen molar-refractivity contribution in [2.24, 2.45) is 17.1 Å². The van der Waals surface area contributed by atoms with Crippen LogP contribution in [0.2, 0.25) is 0 Å². The molecule has 5 nitrogen and oxygen atoms in total. The quantitative estimate of drug-likeness (QED) is 0.702. The molecule has 0 aromatic heterocycles. The van der Waals surface area contributed by atoms with Crippen LogP contribution in [0.1, 0.15) is 47.0 Å². The molecule has 2 unspecified atom stereocenters. The van der Waals surface area contributed by atoms with Crippen molar-refractivity contribution in [2.45, 2.75) is 58.5 Å². The standard InChI is InChI=1S/C13H24N2O3/c1-12(2,13(3,4)14)11(18)15-9-7-5-6-8(9)10(16)17/h8-9H,5-7,14H2,1-4H3,(H,15,18)(H,16,17). The Hall–Kier alpha value is -1.10. The summed E-state index contributed by atoms with van der Waals surface area (Å²) in [7, 11) is 0. The van der Waals surface area contributed by atoms with Crippen LogP contribution in [0.25, 0.3) is 0 Å². The van der Waals surface area contributed by atoms with Crippen molar-refractivity contribution in [1.82, 2.24) is 5.32 Å². The molecular formula is C13H24N2O3. The van der Waals surface area contributed by atoms with Crippen molar-refractivity contribution in [3.8, 4) is 0 Å². The Morgan fingerprint density at radius 3 is 2.22 bits per heavy atom. The van der Waals surface area contributed by atoms with Crippen molar-refractivity contribution < 1.29 is 14.7 Å². The number of amides is 1. The lowest BCUT2D eigenvalue weighted by Crippen LogP contribution is -2.57. The Kier molecular flexibility index (Phi) is 4.05. The molecule has 2 atom stereocenters. The summed E-state index contributed by atoms with van der Waals surface area (Å²) in [5, 5.41) is 11.9. The molecule has 1 amide bonds. The minimum atomic E-state index is -0.831. The molecule has 5 heteroatoms. The molecule has 18 heavy (non-hydrogen) atoms. The van der Waals surface area contributed by atoms with Gasteiger partial charge in [-0.3, -0.25) is 9.59 Å². The number of aliphatic carboxylic acids is 1. The van der Waals surface area contributed by atoms with E-state index in [1.807, 2.05) is 0 Å². The summed E-state index contributed by atoms with van der Waals surface area (Å²) in [5.41, 5.74) is 4.61. The van der Waals surface area contributed by atoms with Gasteiger partial charge in [0.2, 0.25) is 5.91 Å². The van der Waals surface area contributed by atoms with Crippen LogP contribution >= 0.6 is 0 Å². The van der Waals surface area contributed by atoms with E-state index < -0.39 is 22.8 Å². The number of nitrogens with two attached hydrogens (primary N) is 1. The largest absolute Gasteiger partial charge is 0.481 e. The lowest BCUT2D eigenvalue weighted by molar-refractivity contribution is -0.143. The average Bonchev–Trinajstić information content (AvgIpc) is 2.63. The summed E-state index contributed by atoms with van der Waals surface area (Å²) in [6, 6.07) is -0.267. The molecule has 0 aliphatic heterocycles. The van der Waals surface area contributed by atoms with E-state index in [4.69, 9.17) is 10.8 Å². The molecule has 0 saturated heterocycles. The summed E-state index contributed by atoms with van der Waals surface area (Å²) in [5.74, 6) is -1.47. The molecule has 1 fully saturated rings. The summed E-state index contributed by atoms with van der Waals surface area (Å²) in [6.07, 6.45) is 2.20. The number of carboxylic acids is 1. The number of nitrogens with one attached hydrogen (secondary N) is 1. The molecule has 0 bridgehead atoms. The van der Waals surface area contributed by atoms with E-state index in [1.54, 1.807) is 27.7 Å². The fourth-order valence-electron chi connectivity index (χ4n) is 2.07. The molecule has 1 rings (SSSR count). The number of carbonyl (C=O) groups excluding carboxylic acids is 1. The van der Waals surface area contributed by atoms with Crippen molar-refractivity contribution in [3.63, 3.8) is 0 Å². The van der Waals surface area contributed by atoms with Crippen LogP contribution in [0, 0.1) is 11.3 Å². The smallest absolute Gasteiger partial charge is 0.308 e. The van der Waals surface area contributed by atoms with Crippen molar-refractivity contribution >= 4 is 11.9 Å². The first-order valence-electron chi connectivity index (χ1n) is 6.40. The Labute approximate surface area is 108 Å². The third kappa shape index (κ3) is 2.83. The van der Waals surface area contributed by atoms with Gasteiger partial charge >= 0.3 is 5.97 Å². The van der Waals surface area contributed by atoms with Gasteiger partial charge in [-0.05, 0) is 40.5 Å². The Morgan fingerprint density at radius 2 is 1.78 bits per heavy atom. The Balaban J connectivity index is 2.74. The Bertz CT molecular complexity index is 345. The highest BCUT2D eigenvalue weighted by atomic mass is 16.4. The first-order valence-corrected chi connectivity index (χ1v) is 6.40. The normalized spacial score (nSPS) is 24.9. The van der Waals surface area contributed by atoms with Gasteiger partial charge in [0.1, 0.15) is 0 Å². The highest BCUT2D eigenvalue weighted by Gasteiger charge is 2.43. The van der Waals surface area contributed by atoms with Gasteiger partial charge in [-0.25, -0.2) is 0 Å². The maximum absolute atomic E-state index is 12.3. The van der Waals surface area contributed by atoms with Crippen molar-refractivity contribution in [3.05, 3.63) is 0 Å². The first-order chi connectivity index (χ1) is 8.07. The maximum Gasteiger partial charge on any atom is 0.308 e. The van der Waals surface area contributed by atoms with Crippen LogP contribution in [-0.2, 0) is 9.59 Å².